The van der Waals surface area contributed by atoms with E-state index in [9.17, 15) is 9.59 Å². The van der Waals surface area contributed by atoms with Gasteiger partial charge in [0.1, 0.15) is 0 Å². The van der Waals surface area contributed by atoms with Gasteiger partial charge in [0.05, 0.1) is 0 Å². The predicted octanol–water partition coefficient (Wildman–Crippen LogP) is 3.73. The van der Waals surface area contributed by atoms with Crippen LogP contribution in [-0.4, -0.2) is 11.6 Å². The Labute approximate surface area is 117 Å². The molecule has 2 aliphatic rings. The van der Waals surface area contributed by atoms with Gasteiger partial charge in [0, 0.05) is 24.0 Å². The molecule has 0 saturated heterocycles. The van der Waals surface area contributed by atoms with Crippen LogP contribution in [0.15, 0.2) is 48.5 Å². The van der Waals surface area contributed by atoms with Gasteiger partial charge in [-0.1, -0.05) is 48.5 Å². The number of Topliss-reactive ketones (excluding diaryl/α,β-unsaturated/α-hetero) is 2. The first-order valence-electron chi connectivity index (χ1n) is 7.00. The Balaban J connectivity index is 1.92. The zero-order chi connectivity index (χ0) is 13.7. The average Bonchev–Trinajstić information content (AvgIpc) is 2.49. The largest absolute Gasteiger partial charge is 0.294 e. The first kappa shape index (κ1) is 11.6. The lowest BCUT2D eigenvalue weighted by molar-refractivity contribution is 0.0904. The lowest BCUT2D eigenvalue weighted by Gasteiger charge is -2.37. The average molecular weight is 262 g/mol. The van der Waals surface area contributed by atoms with Crippen molar-refractivity contribution in [2.45, 2.75) is 24.7 Å². The lowest BCUT2D eigenvalue weighted by atomic mass is 9.65. The summed E-state index contributed by atoms with van der Waals surface area (Å²) in [5.41, 5.74) is 3.72. The number of hydrogen-bond donors (Lipinski definition) is 0. The Hall–Kier alpha value is -2.22. The second kappa shape index (κ2) is 4.14. The summed E-state index contributed by atoms with van der Waals surface area (Å²) in [5, 5.41) is 0. The molecule has 2 atom stereocenters. The number of hydrogen-bond acceptors (Lipinski definition) is 2. The summed E-state index contributed by atoms with van der Waals surface area (Å²) in [6, 6.07) is 15.5. The number of carbonyl (C=O) groups excluding carboxylic acids is 2. The normalized spacial score (nSPS) is 23.8. The van der Waals surface area contributed by atoms with Crippen LogP contribution < -0.4 is 0 Å². The maximum atomic E-state index is 12.3. The van der Waals surface area contributed by atoms with Gasteiger partial charge in [-0.15, -0.1) is 0 Å². The molecule has 20 heavy (non-hydrogen) atoms. The minimum Gasteiger partial charge on any atom is -0.294 e. The molecule has 2 heteroatoms. The van der Waals surface area contributed by atoms with Gasteiger partial charge >= 0.3 is 0 Å². The highest BCUT2D eigenvalue weighted by Gasteiger charge is 2.40. The van der Waals surface area contributed by atoms with Crippen LogP contribution >= 0.6 is 0 Å². The highest BCUT2D eigenvalue weighted by Crippen LogP contribution is 2.48. The van der Waals surface area contributed by atoms with Gasteiger partial charge in [-0.25, -0.2) is 0 Å². The van der Waals surface area contributed by atoms with E-state index in [1.54, 1.807) is 0 Å². The van der Waals surface area contributed by atoms with Crippen molar-refractivity contribution < 1.29 is 9.59 Å². The number of ketones is 2. The second-order valence-corrected chi connectivity index (χ2v) is 5.64. The molecule has 0 unspecified atom stereocenters. The summed E-state index contributed by atoms with van der Waals surface area (Å²) in [7, 11) is 0. The summed E-state index contributed by atoms with van der Waals surface area (Å²) in [5.74, 6) is 0.717. The van der Waals surface area contributed by atoms with E-state index in [1.165, 1.54) is 0 Å². The molecular formula is C18H14O2. The van der Waals surface area contributed by atoms with Crippen LogP contribution in [0.4, 0.5) is 0 Å². The standard InChI is InChI=1S/C18H14O2/c19-17-10-16-12-6-2-4-8-14(12)18(20)9-15(16)11-5-1-3-7-13(11)17/h1-8,15-16H,9-10H2/t15-,16+. The van der Waals surface area contributed by atoms with Gasteiger partial charge in [-0.05, 0) is 23.0 Å². The molecule has 4 rings (SSSR count). The van der Waals surface area contributed by atoms with Crippen LogP contribution in [0, 0.1) is 0 Å². The van der Waals surface area contributed by atoms with Crippen LogP contribution in [0.3, 0.4) is 0 Å². The van der Waals surface area contributed by atoms with E-state index in [1.807, 2.05) is 48.5 Å². The molecule has 0 aromatic heterocycles. The molecule has 0 amide bonds. The van der Waals surface area contributed by atoms with E-state index in [4.69, 9.17) is 0 Å². The van der Waals surface area contributed by atoms with Crippen molar-refractivity contribution in [2.75, 3.05) is 0 Å². The molecule has 0 spiro atoms. The third-order valence-corrected chi connectivity index (χ3v) is 4.62. The molecule has 0 heterocycles. The van der Waals surface area contributed by atoms with E-state index in [0.717, 1.165) is 22.3 Å². The summed E-state index contributed by atoms with van der Waals surface area (Å²) in [4.78, 5) is 24.7. The van der Waals surface area contributed by atoms with Crippen LogP contribution in [0.25, 0.3) is 0 Å². The maximum Gasteiger partial charge on any atom is 0.163 e. The molecule has 0 aliphatic heterocycles. The first-order valence-corrected chi connectivity index (χ1v) is 7.00. The third-order valence-electron chi connectivity index (χ3n) is 4.62. The third kappa shape index (κ3) is 1.51. The SMILES string of the molecule is O=C1C[C@H]2c3ccccc3C(=O)C[C@@H]2c2ccccc21. The van der Waals surface area contributed by atoms with Crippen molar-refractivity contribution in [1.29, 1.82) is 0 Å². The van der Waals surface area contributed by atoms with E-state index in [0.29, 0.717) is 12.8 Å². The molecule has 0 N–H and O–H groups in total. The van der Waals surface area contributed by atoms with Crippen molar-refractivity contribution in [2.24, 2.45) is 0 Å². The van der Waals surface area contributed by atoms with E-state index in [2.05, 4.69) is 0 Å². The maximum absolute atomic E-state index is 12.3. The fourth-order valence-corrected chi connectivity index (χ4v) is 3.71. The molecule has 2 aromatic rings. The fraction of sp³-hybridized carbons (Fsp3) is 0.222. The van der Waals surface area contributed by atoms with Gasteiger partial charge < -0.3 is 0 Å². The van der Waals surface area contributed by atoms with Crippen LogP contribution in [0.1, 0.15) is 56.5 Å². The number of carbonyl (C=O) groups is 2. The quantitative estimate of drug-likeness (QED) is 0.725. The van der Waals surface area contributed by atoms with Gasteiger partial charge in [-0.3, -0.25) is 9.59 Å². The molecule has 2 aliphatic carbocycles. The van der Waals surface area contributed by atoms with Crippen molar-refractivity contribution >= 4 is 11.6 Å². The van der Waals surface area contributed by atoms with Gasteiger partial charge in [0.25, 0.3) is 0 Å². The van der Waals surface area contributed by atoms with Crippen molar-refractivity contribution in [3.05, 3.63) is 70.8 Å². The summed E-state index contributed by atoms with van der Waals surface area (Å²) in [6.45, 7) is 0. The van der Waals surface area contributed by atoms with Crippen molar-refractivity contribution in [3.63, 3.8) is 0 Å². The number of fused-ring (bicyclic) bond motifs is 5. The highest BCUT2D eigenvalue weighted by molar-refractivity contribution is 6.04. The minimum absolute atomic E-state index is 0.159. The summed E-state index contributed by atoms with van der Waals surface area (Å²) in [6.07, 6.45) is 1.04. The first-order chi connectivity index (χ1) is 9.75. The Bertz CT molecular complexity index is 666. The summed E-state index contributed by atoms with van der Waals surface area (Å²) < 4.78 is 0. The minimum atomic E-state index is 0.159. The van der Waals surface area contributed by atoms with Crippen LogP contribution in [0.5, 0.6) is 0 Å². The van der Waals surface area contributed by atoms with Gasteiger partial charge in [0.2, 0.25) is 0 Å². The Morgan fingerprint density at radius 1 is 0.650 bits per heavy atom. The van der Waals surface area contributed by atoms with E-state index in [-0.39, 0.29) is 23.4 Å². The van der Waals surface area contributed by atoms with Gasteiger partial charge in [-0.2, -0.15) is 0 Å². The molecule has 98 valence electrons. The monoisotopic (exact) mass is 262 g/mol. The zero-order valence-corrected chi connectivity index (χ0v) is 11.0. The summed E-state index contributed by atoms with van der Waals surface area (Å²) >= 11 is 0. The highest BCUT2D eigenvalue weighted by atomic mass is 16.1. The predicted molar refractivity (Wildman–Crippen MR) is 76.3 cm³/mol. The molecule has 0 radical (unpaired) electrons. The number of benzene rings is 2. The van der Waals surface area contributed by atoms with Gasteiger partial charge in [0.15, 0.2) is 11.6 Å². The lowest BCUT2D eigenvalue weighted by Crippen LogP contribution is -2.30. The van der Waals surface area contributed by atoms with Crippen LogP contribution in [0.2, 0.25) is 0 Å². The molecule has 0 saturated carbocycles. The Kier molecular flexibility index (Phi) is 2.40. The second-order valence-electron chi connectivity index (χ2n) is 5.64. The molecule has 0 fully saturated rings. The molecular weight excluding hydrogens is 248 g/mol. The fourth-order valence-electron chi connectivity index (χ4n) is 3.71. The van der Waals surface area contributed by atoms with Crippen LogP contribution in [-0.2, 0) is 0 Å². The zero-order valence-electron chi connectivity index (χ0n) is 11.0. The number of rotatable bonds is 0. The Morgan fingerprint density at radius 3 is 1.50 bits per heavy atom. The molecule has 2 aromatic carbocycles. The van der Waals surface area contributed by atoms with Crippen molar-refractivity contribution in [3.8, 4) is 0 Å². The van der Waals surface area contributed by atoms with Crippen molar-refractivity contribution in [1.82, 2.24) is 0 Å². The smallest absolute Gasteiger partial charge is 0.163 e. The van der Waals surface area contributed by atoms with E-state index < -0.39 is 0 Å². The molecule has 2 nitrogen and oxygen atoms in total. The molecule has 0 bridgehead atoms. The van der Waals surface area contributed by atoms with E-state index >= 15 is 0 Å². The topological polar surface area (TPSA) is 34.1 Å². The Morgan fingerprint density at radius 2 is 1.05 bits per heavy atom.